The Balaban J connectivity index is 2.19. The molecular formula is C13H15N3O2S. The van der Waals surface area contributed by atoms with E-state index in [1.807, 2.05) is 0 Å². The van der Waals surface area contributed by atoms with Crippen molar-refractivity contribution < 1.29 is 8.42 Å². The molecule has 1 aromatic carbocycles. The third-order valence-corrected chi connectivity index (χ3v) is 3.93. The predicted octanol–water partition coefficient (Wildman–Crippen LogP) is 1.45. The predicted molar refractivity (Wildman–Crippen MR) is 73.9 cm³/mol. The van der Waals surface area contributed by atoms with Crippen LogP contribution in [0.25, 0.3) is 0 Å². The summed E-state index contributed by atoms with van der Waals surface area (Å²) in [4.78, 5) is 4.23. The lowest BCUT2D eigenvalue weighted by Gasteiger charge is -2.08. The van der Waals surface area contributed by atoms with E-state index in [-0.39, 0.29) is 11.4 Å². The molecule has 2 aromatic rings. The second kappa shape index (κ2) is 5.38. The Morgan fingerprint density at radius 2 is 2.05 bits per heavy atom. The average Bonchev–Trinajstić information content (AvgIpc) is 2.37. The van der Waals surface area contributed by atoms with Gasteiger partial charge in [0.1, 0.15) is 0 Å². The second-order valence-corrected chi connectivity index (χ2v) is 5.99. The van der Waals surface area contributed by atoms with Crippen LogP contribution in [0.2, 0.25) is 0 Å². The number of nitrogens with two attached hydrogens (primary N) is 1. The summed E-state index contributed by atoms with van der Waals surface area (Å²) in [6.45, 7) is 1.95. The topological polar surface area (TPSA) is 85.1 Å². The summed E-state index contributed by atoms with van der Waals surface area (Å²) >= 11 is 0. The Bertz CT molecular complexity index is 649. The number of anilines is 1. The molecule has 1 heterocycles. The van der Waals surface area contributed by atoms with E-state index in [0.717, 1.165) is 5.56 Å². The largest absolute Gasteiger partial charge is 0.399 e. The van der Waals surface area contributed by atoms with Gasteiger partial charge in [-0.3, -0.25) is 4.98 Å². The van der Waals surface area contributed by atoms with Crippen molar-refractivity contribution in [1.29, 1.82) is 0 Å². The number of nitrogen functional groups attached to an aromatic ring is 1. The molecule has 100 valence electrons. The molecule has 0 aliphatic rings. The third kappa shape index (κ3) is 3.52. The molecule has 0 atom stereocenters. The van der Waals surface area contributed by atoms with Crippen LogP contribution in [0, 0.1) is 6.92 Å². The number of nitrogens with zero attached hydrogens (tertiary/aromatic N) is 1. The molecule has 2 rings (SSSR count). The highest BCUT2D eigenvalue weighted by Gasteiger charge is 2.14. The van der Waals surface area contributed by atoms with Crippen molar-refractivity contribution in [2.75, 3.05) is 5.73 Å². The van der Waals surface area contributed by atoms with E-state index >= 15 is 0 Å². The van der Waals surface area contributed by atoms with Crippen molar-refractivity contribution >= 4 is 15.7 Å². The molecule has 1 aromatic heterocycles. The number of hydrogen-bond donors (Lipinski definition) is 2. The molecule has 19 heavy (non-hydrogen) atoms. The van der Waals surface area contributed by atoms with E-state index in [4.69, 9.17) is 5.73 Å². The van der Waals surface area contributed by atoms with Crippen molar-refractivity contribution in [2.45, 2.75) is 18.4 Å². The molecule has 0 unspecified atom stereocenters. The van der Waals surface area contributed by atoms with Crippen LogP contribution in [0.1, 0.15) is 11.3 Å². The second-order valence-electron chi connectivity index (χ2n) is 4.23. The molecule has 0 aliphatic heterocycles. The minimum absolute atomic E-state index is 0.150. The van der Waals surface area contributed by atoms with Gasteiger partial charge in [-0.25, -0.2) is 13.1 Å². The quantitative estimate of drug-likeness (QED) is 0.828. The summed E-state index contributed by atoms with van der Waals surface area (Å²) in [7, 11) is -3.57. The maximum absolute atomic E-state index is 12.1. The average molecular weight is 277 g/mol. The van der Waals surface area contributed by atoms with Crippen LogP contribution in [0.4, 0.5) is 5.69 Å². The molecule has 6 heteroatoms. The SMILES string of the molecule is Cc1cc(N)cc(S(=O)(=O)NCc2ccccn2)c1. The van der Waals surface area contributed by atoms with Gasteiger partial charge in [-0.1, -0.05) is 6.07 Å². The Morgan fingerprint density at radius 1 is 1.26 bits per heavy atom. The number of rotatable bonds is 4. The first-order valence-corrected chi connectivity index (χ1v) is 7.22. The van der Waals surface area contributed by atoms with Gasteiger partial charge in [0.15, 0.2) is 0 Å². The van der Waals surface area contributed by atoms with Gasteiger partial charge in [0, 0.05) is 11.9 Å². The Kier molecular flexibility index (Phi) is 3.82. The van der Waals surface area contributed by atoms with Crippen LogP contribution in [0.15, 0.2) is 47.5 Å². The normalized spacial score (nSPS) is 11.4. The molecule has 0 fully saturated rings. The summed E-state index contributed by atoms with van der Waals surface area (Å²) < 4.78 is 26.7. The highest BCUT2D eigenvalue weighted by Crippen LogP contribution is 2.16. The summed E-state index contributed by atoms with van der Waals surface area (Å²) in [6.07, 6.45) is 1.62. The molecule has 0 saturated heterocycles. The number of pyridine rings is 1. The zero-order valence-electron chi connectivity index (χ0n) is 10.5. The number of nitrogens with one attached hydrogen (secondary N) is 1. The van der Waals surface area contributed by atoms with Crippen LogP contribution < -0.4 is 10.5 Å². The first kappa shape index (κ1) is 13.5. The number of benzene rings is 1. The van der Waals surface area contributed by atoms with Gasteiger partial charge in [-0.15, -0.1) is 0 Å². The van der Waals surface area contributed by atoms with Gasteiger partial charge in [0.2, 0.25) is 10.0 Å². The zero-order chi connectivity index (χ0) is 13.9. The highest BCUT2D eigenvalue weighted by atomic mass is 32.2. The molecule has 0 radical (unpaired) electrons. The Hall–Kier alpha value is -1.92. The fraction of sp³-hybridized carbons (Fsp3) is 0.154. The van der Waals surface area contributed by atoms with Gasteiger partial charge in [0.25, 0.3) is 0 Å². The first-order chi connectivity index (χ1) is 8.97. The number of aryl methyl sites for hydroxylation is 1. The fourth-order valence-electron chi connectivity index (χ4n) is 1.69. The lowest BCUT2D eigenvalue weighted by molar-refractivity contribution is 0.580. The van der Waals surface area contributed by atoms with Crippen LogP contribution >= 0.6 is 0 Å². The minimum Gasteiger partial charge on any atom is -0.399 e. The number of hydrogen-bond acceptors (Lipinski definition) is 4. The Morgan fingerprint density at radius 3 is 2.68 bits per heavy atom. The van der Waals surface area contributed by atoms with Crippen LogP contribution in [-0.4, -0.2) is 13.4 Å². The van der Waals surface area contributed by atoms with E-state index < -0.39 is 10.0 Å². The van der Waals surface area contributed by atoms with Gasteiger partial charge in [0.05, 0.1) is 17.1 Å². The fourth-order valence-corrected chi connectivity index (χ4v) is 2.82. The van der Waals surface area contributed by atoms with Gasteiger partial charge in [-0.05, 0) is 42.8 Å². The Labute approximate surface area is 112 Å². The molecule has 0 amide bonds. The van der Waals surface area contributed by atoms with E-state index in [1.165, 1.54) is 6.07 Å². The summed E-state index contributed by atoms with van der Waals surface area (Å²) in [5, 5.41) is 0. The lowest BCUT2D eigenvalue weighted by Crippen LogP contribution is -2.23. The third-order valence-electron chi connectivity index (χ3n) is 2.55. The summed E-state index contributed by atoms with van der Waals surface area (Å²) in [5.74, 6) is 0. The maximum atomic E-state index is 12.1. The molecule has 5 nitrogen and oxygen atoms in total. The monoisotopic (exact) mass is 277 g/mol. The van der Waals surface area contributed by atoms with Gasteiger partial charge < -0.3 is 5.73 Å². The molecule has 0 aliphatic carbocycles. The number of aromatic nitrogens is 1. The van der Waals surface area contributed by atoms with Crippen LogP contribution in [0.3, 0.4) is 0 Å². The summed E-state index contributed by atoms with van der Waals surface area (Å²) in [5.41, 5.74) is 7.55. The summed E-state index contributed by atoms with van der Waals surface area (Å²) in [6, 6.07) is 10.1. The molecule has 0 bridgehead atoms. The van der Waals surface area contributed by atoms with Crippen molar-refractivity contribution in [2.24, 2.45) is 0 Å². The maximum Gasteiger partial charge on any atom is 0.241 e. The van der Waals surface area contributed by atoms with E-state index in [1.54, 1.807) is 43.5 Å². The highest BCUT2D eigenvalue weighted by molar-refractivity contribution is 7.89. The van der Waals surface area contributed by atoms with Gasteiger partial charge >= 0.3 is 0 Å². The van der Waals surface area contributed by atoms with Crippen LogP contribution in [-0.2, 0) is 16.6 Å². The minimum atomic E-state index is -3.57. The van der Waals surface area contributed by atoms with Crippen molar-refractivity contribution in [3.05, 3.63) is 53.9 Å². The van der Waals surface area contributed by atoms with E-state index in [0.29, 0.717) is 11.4 Å². The van der Waals surface area contributed by atoms with E-state index in [9.17, 15) is 8.42 Å². The van der Waals surface area contributed by atoms with Crippen molar-refractivity contribution in [1.82, 2.24) is 9.71 Å². The smallest absolute Gasteiger partial charge is 0.241 e. The standard InChI is InChI=1S/C13H15N3O2S/c1-10-6-11(14)8-13(7-10)19(17,18)16-9-12-4-2-3-5-15-12/h2-8,16H,9,14H2,1H3. The van der Waals surface area contributed by atoms with Gasteiger partial charge in [-0.2, -0.15) is 0 Å². The van der Waals surface area contributed by atoms with Crippen molar-refractivity contribution in [3.63, 3.8) is 0 Å². The van der Waals surface area contributed by atoms with Crippen LogP contribution in [0.5, 0.6) is 0 Å². The molecular weight excluding hydrogens is 262 g/mol. The lowest BCUT2D eigenvalue weighted by atomic mass is 10.2. The zero-order valence-corrected chi connectivity index (χ0v) is 11.3. The van der Waals surface area contributed by atoms with Crippen molar-refractivity contribution in [3.8, 4) is 0 Å². The number of sulfonamides is 1. The molecule has 3 N–H and O–H groups in total. The van der Waals surface area contributed by atoms with E-state index in [2.05, 4.69) is 9.71 Å². The molecule has 0 saturated carbocycles. The molecule has 0 spiro atoms. The first-order valence-electron chi connectivity index (χ1n) is 5.74.